The lowest BCUT2D eigenvalue weighted by atomic mass is 10.1. The standard InChI is InChI=1S/C11H11BrF3N/c12-6-2-1-3-8-4-5-9(16)7-10(8)11(13,14)15/h1,3-5,7H,2,6,16H2. The largest absolute Gasteiger partial charge is 0.417 e. The third-order valence-corrected chi connectivity index (χ3v) is 2.41. The van der Waals surface area contributed by atoms with E-state index in [1.54, 1.807) is 6.08 Å². The molecule has 0 fully saturated rings. The lowest BCUT2D eigenvalue weighted by Gasteiger charge is -2.10. The highest BCUT2D eigenvalue weighted by Gasteiger charge is 2.32. The summed E-state index contributed by atoms with van der Waals surface area (Å²) in [5, 5.41) is 0.722. The molecule has 0 saturated carbocycles. The quantitative estimate of drug-likeness (QED) is 0.659. The van der Waals surface area contributed by atoms with Gasteiger partial charge in [-0.1, -0.05) is 34.1 Å². The van der Waals surface area contributed by atoms with Crippen molar-refractivity contribution in [3.63, 3.8) is 0 Å². The summed E-state index contributed by atoms with van der Waals surface area (Å²) >= 11 is 3.20. The zero-order valence-corrected chi connectivity index (χ0v) is 9.98. The first-order chi connectivity index (χ1) is 7.45. The minimum Gasteiger partial charge on any atom is -0.399 e. The molecular weight excluding hydrogens is 283 g/mol. The Hall–Kier alpha value is -0.970. The monoisotopic (exact) mass is 293 g/mol. The molecule has 0 unspecified atom stereocenters. The predicted molar refractivity (Wildman–Crippen MR) is 63.3 cm³/mol. The Morgan fingerprint density at radius 1 is 1.31 bits per heavy atom. The molecule has 0 heterocycles. The number of nitrogen functional groups attached to an aromatic ring is 1. The second kappa shape index (κ2) is 5.39. The molecular formula is C11H11BrF3N. The number of hydrogen-bond acceptors (Lipinski definition) is 1. The van der Waals surface area contributed by atoms with Gasteiger partial charge >= 0.3 is 6.18 Å². The van der Waals surface area contributed by atoms with Gasteiger partial charge in [-0.15, -0.1) is 0 Å². The molecule has 88 valence electrons. The maximum Gasteiger partial charge on any atom is 0.417 e. The molecule has 1 rings (SSSR count). The molecule has 1 nitrogen and oxygen atoms in total. The number of halogens is 4. The van der Waals surface area contributed by atoms with Crippen LogP contribution in [0.15, 0.2) is 24.3 Å². The van der Waals surface area contributed by atoms with Crippen LogP contribution in [0.25, 0.3) is 6.08 Å². The molecule has 5 heteroatoms. The molecule has 0 radical (unpaired) electrons. The van der Waals surface area contributed by atoms with E-state index in [0.29, 0.717) is 6.42 Å². The van der Waals surface area contributed by atoms with E-state index in [0.717, 1.165) is 11.4 Å². The van der Waals surface area contributed by atoms with Crippen LogP contribution in [-0.4, -0.2) is 5.33 Å². The number of allylic oxidation sites excluding steroid dienone is 1. The van der Waals surface area contributed by atoms with Crippen molar-refractivity contribution in [3.05, 3.63) is 35.4 Å². The average molecular weight is 294 g/mol. The van der Waals surface area contributed by atoms with Gasteiger partial charge in [-0.3, -0.25) is 0 Å². The Morgan fingerprint density at radius 3 is 2.56 bits per heavy atom. The van der Waals surface area contributed by atoms with Crippen LogP contribution >= 0.6 is 15.9 Å². The van der Waals surface area contributed by atoms with Crippen molar-refractivity contribution in [1.82, 2.24) is 0 Å². The van der Waals surface area contributed by atoms with Gasteiger partial charge in [-0.05, 0) is 24.1 Å². The Balaban J connectivity index is 3.08. The average Bonchev–Trinajstić information content (AvgIpc) is 2.19. The number of nitrogens with two attached hydrogens (primary N) is 1. The predicted octanol–water partition coefficient (Wildman–Crippen LogP) is 4.09. The fraction of sp³-hybridized carbons (Fsp3) is 0.273. The van der Waals surface area contributed by atoms with E-state index in [4.69, 9.17) is 5.73 Å². The summed E-state index contributed by atoms with van der Waals surface area (Å²) in [6, 6.07) is 3.79. The smallest absolute Gasteiger partial charge is 0.399 e. The Kier molecular flexibility index (Phi) is 4.41. The minimum absolute atomic E-state index is 0.116. The van der Waals surface area contributed by atoms with E-state index in [-0.39, 0.29) is 11.3 Å². The van der Waals surface area contributed by atoms with Crippen molar-refractivity contribution in [2.75, 3.05) is 11.1 Å². The lowest BCUT2D eigenvalue weighted by molar-refractivity contribution is -0.137. The summed E-state index contributed by atoms with van der Waals surface area (Å²) in [5.74, 6) is 0. The highest BCUT2D eigenvalue weighted by molar-refractivity contribution is 9.09. The molecule has 0 aliphatic heterocycles. The van der Waals surface area contributed by atoms with Crippen LogP contribution in [0.3, 0.4) is 0 Å². The van der Waals surface area contributed by atoms with Crippen molar-refractivity contribution in [2.24, 2.45) is 0 Å². The normalized spacial score (nSPS) is 12.2. The van der Waals surface area contributed by atoms with Gasteiger partial charge in [0.25, 0.3) is 0 Å². The summed E-state index contributed by atoms with van der Waals surface area (Å²) in [5.41, 5.74) is 4.91. The van der Waals surface area contributed by atoms with Gasteiger partial charge in [0.2, 0.25) is 0 Å². The molecule has 0 bridgehead atoms. The molecule has 0 spiro atoms. The molecule has 0 aromatic heterocycles. The maximum absolute atomic E-state index is 12.6. The number of alkyl halides is 4. The first-order valence-corrected chi connectivity index (χ1v) is 5.76. The highest BCUT2D eigenvalue weighted by atomic mass is 79.9. The van der Waals surface area contributed by atoms with Gasteiger partial charge in [0.05, 0.1) is 5.56 Å². The summed E-state index contributed by atoms with van der Waals surface area (Å²) in [6.45, 7) is 0. The van der Waals surface area contributed by atoms with Gasteiger partial charge in [-0.25, -0.2) is 0 Å². The second-order valence-corrected chi connectivity index (χ2v) is 4.02. The van der Waals surface area contributed by atoms with Gasteiger partial charge in [0, 0.05) is 11.0 Å². The summed E-state index contributed by atoms with van der Waals surface area (Å²) < 4.78 is 37.9. The molecule has 0 aliphatic carbocycles. The number of rotatable bonds is 3. The molecule has 16 heavy (non-hydrogen) atoms. The molecule has 1 aromatic carbocycles. The van der Waals surface area contributed by atoms with E-state index >= 15 is 0 Å². The molecule has 2 N–H and O–H groups in total. The van der Waals surface area contributed by atoms with Crippen molar-refractivity contribution < 1.29 is 13.2 Å². The molecule has 0 aliphatic rings. The van der Waals surface area contributed by atoms with Crippen LogP contribution in [0.4, 0.5) is 18.9 Å². The van der Waals surface area contributed by atoms with Crippen molar-refractivity contribution in [2.45, 2.75) is 12.6 Å². The fourth-order valence-corrected chi connectivity index (χ4v) is 1.50. The first-order valence-electron chi connectivity index (χ1n) is 4.64. The fourth-order valence-electron chi connectivity index (χ4n) is 1.24. The van der Waals surface area contributed by atoms with Crippen LogP contribution in [-0.2, 0) is 6.18 Å². The SMILES string of the molecule is Nc1ccc(C=CCCBr)c(C(F)(F)F)c1. The summed E-state index contributed by atoms with van der Waals surface area (Å²) in [7, 11) is 0. The minimum atomic E-state index is -4.37. The van der Waals surface area contributed by atoms with Crippen LogP contribution in [0.5, 0.6) is 0 Å². The summed E-state index contributed by atoms with van der Waals surface area (Å²) in [6.07, 6.45) is -0.538. The van der Waals surface area contributed by atoms with Gasteiger partial charge in [0.15, 0.2) is 0 Å². The maximum atomic E-state index is 12.6. The van der Waals surface area contributed by atoms with E-state index in [2.05, 4.69) is 15.9 Å². The van der Waals surface area contributed by atoms with E-state index in [1.165, 1.54) is 18.2 Å². The van der Waals surface area contributed by atoms with Crippen molar-refractivity contribution in [1.29, 1.82) is 0 Å². The zero-order valence-electron chi connectivity index (χ0n) is 8.39. The van der Waals surface area contributed by atoms with E-state index in [9.17, 15) is 13.2 Å². The van der Waals surface area contributed by atoms with Crippen molar-refractivity contribution in [3.8, 4) is 0 Å². The van der Waals surface area contributed by atoms with Gasteiger partial charge < -0.3 is 5.73 Å². The van der Waals surface area contributed by atoms with Crippen LogP contribution < -0.4 is 5.73 Å². The topological polar surface area (TPSA) is 26.0 Å². The Morgan fingerprint density at radius 2 is 2.00 bits per heavy atom. The summed E-state index contributed by atoms with van der Waals surface area (Å²) in [4.78, 5) is 0. The molecule has 0 saturated heterocycles. The van der Waals surface area contributed by atoms with Crippen LogP contribution in [0.2, 0.25) is 0 Å². The second-order valence-electron chi connectivity index (χ2n) is 3.22. The van der Waals surface area contributed by atoms with E-state index in [1.807, 2.05) is 0 Å². The van der Waals surface area contributed by atoms with Gasteiger partial charge in [0.1, 0.15) is 0 Å². The number of benzene rings is 1. The third-order valence-electron chi connectivity index (χ3n) is 1.96. The Labute approximate surface area is 100 Å². The molecule has 0 atom stereocenters. The van der Waals surface area contributed by atoms with E-state index < -0.39 is 11.7 Å². The third kappa shape index (κ3) is 3.56. The van der Waals surface area contributed by atoms with Crippen LogP contribution in [0.1, 0.15) is 17.5 Å². The number of anilines is 1. The van der Waals surface area contributed by atoms with Gasteiger partial charge in [-0.2, -0.15) is 13.2 Å². The number of hydrogen-bond donors (Lipinski definition) is 1. The molecule has 1 aromatic rings. The zero-order chi connectivity index (χ0) is 12.2. The highest BCUT2D eigenvalue weighted by Crippen LogP contribution is 2.33. The Bertz CT molecular complexity index is 385. The lowest BCUT2D eigenvalue weighted by Crippen LogP contribution is -2.08. The molecule has 0 amide bonds. The van der Waals surface area contributed by atoms with Crippen molar-refractivity contribution >= 4 is 27.7 Å². The first kappa shape index (κ1) is 13.1. The van der Waals surface area contributed by atoms with Crippen LogP contribution in [0, 0.1) is 0 Å².